The number of likely N-dealkylation sites (tertiary alicyclic amines) is 1. The summed E-state index contributed by atoms with van der Waals surface area (Å²) in [6.07, 6.45) is 0.958. The van der Waals surface area contributed by atoms with Gasteiger partial charge in [-0.3, -0.25) is 4.90 Å². The lowest BCUT2D eigenvalue weighted by molar-refractivity contribution is 0.124. The summed E-state index contributed by atoms with van der Waals surface area (Å²) >= 11 is 11.9. The standard InChI is InChI=1S/C14H19Cl2FN2/c1-8-7-19(4-3-14(8)18)9(2)10-5-13(17)12(16)6-11(10)15/h5-6,8-9,14H,3-4,7,18H2,1-2H3. The van der Waals surface area contributed by atoms with E-state index in [-0.39, 0.29) is 17.1 Å². The van der Waals surface area contributed by atoms with E-state index in [1.54, 1.807) is 0 Å². The molecule has 106 valence electrons. The number of hydrogen-bond donors (Lipinski definition) is 1. The molecule has 2 nitrogen and oxygen atoms in total. The predicted molar refractivity (Wildman–Crippen MR) is 78.2 cm³/mol. The predicted octanol–water partition coefficient (Wildman–Crippen LogP) is 3.86. The van der Waals surface area contributed by atoms with Crippen LogP contribution in [-0.2, 0) is 0 Å². The van der Waals surface area contributed by atoms with Gasteiger partial charge in [0.15, 0.2) is 0 Å². The summed E-state index contributed by atoms with van der Waals surface area (Å²) in [7, 11) is 0. The van der Waals surface area contributed by atoms with Gasteiger partial charge in [-0.25, -0.2) is 4.39 Å². The number of rotatable bonds is 2. The fourth-order valence-electron chi connectivity index (χ4n) is 2.60. The molecule has 1 heterocycles. The molecule has 0 saturated carbocycles. The molecule has 1 aromatic carbocycles. The first-order valence-electron chi connectivity index (χ1n) is 6.54. The van der Waals surface area contributed by atoms with Gasteiger partial charge < -0.3 is 5.73 Å². The van der Waals surface area contributed by atoms with Crippen LogP contribution in [0, 0.1) is 11.7 Å². The average molecular weight is 305 g/mol. The molecule has 0 radical (unpaired) electrons. The molecule has 5 heteroatoms. The third kappa shape index (κ3) is 3.22. The molecule has 2 rings (SSSR count). The molecule has 0 amide bonds. The molecule has 0 aromatic heterocycles. The fraction of sp³-hybridized carbons (Fsp3) is 0.571. The van der Waals surface area contributed by atoms with Crippen molar-refractivity contribution in [2.75, 3.05) is 13.1 Å². The smallest absolute Gasteiger partial charge is 0.142 e. The molecule has 0 bridgehead atoms. The second-order valence-corrected chi connectivity index (χ2v) is 6.20. The molecule has 3 unspecified atom stereocenters. The largest absolute Gasteiger partial charge is 0.327 e. The Bertz CT molecular complexity index is 467. The van der Waals surface area contributed by atoms with Crippen molar-refractivity contribution in [2.45, 2.75) is 32.4 Å². The van der Waals surface area contributed by atoms with Gasteiger partial charge >= 0.3 is 0 Å². The van der Waals surface area contributed by atoms with Crippen LogP contribution >= 0.6 is 23.2 Å². The van der Waals surface area contributed by atoms with Crippen molar-refractivity contribution in [1.82, 2.24) is 4.90 Å². The maximum atomic E-state index is 13.6. The van der Waals surface area contributed by atoms with Crippen molar-refractivity contribution in [3.63, 3.8) is 0 Å². The topological polar surface area (TPSA) is 29.3 Å². The molecular formula is C14H19Cl2FN2. The minimum Gasteiger partial charge on any atom is -0.327 e. The second kappa shape index (κ2) is 5.96. The summed E-state index contributed by atoms with van der Waals surface area (Å²) in [5.41, 5.74) is 6.81. The van der Waals surface area contributed by atoms with Gasteiger partial charge in [-0.15, -0.1) is 0 Å². The highest BCUT2D eigenvalue weighted by Gasteiger charge is 2.28. The van der Waals surface area contributed by atoms with Gasteiger partial charge in [-0.1, -0.05) is 30.1 Å². The number of halogens is 3. The minimum absolute atomic E-state index is 0.0641. The zero-order chi connectivity index (χ0) is 14.2. The first-order chi connectivity index (χ1) is 8.90. The Balaban J connectivity index is 2.20. The summed E-state index contributed by atoms with van der Waals surface area (Å²) in [4.78, 5) is 2.29. The van der Waals surface area contributed by atoms with Crippen LogP contribution in [0.5, 0.6) is 0 Å². The minimum atomic E-state index is -0.422. The fourth-order valence-corrected chi connectivity index (χ4v) is 3.14. The molecule has 1 aromatic rings. The van der Waals surface area contributed by atoms with Crippen LogP contribution in [0.1, 0.15) is 31.9 Å². The highest BCUT2D eigenvalue weighted by molar-refractivity contribution is 6.35. The van der Waals surface area contributed by atoms with Crippen molar-refractivity contribution in [3.05, 3.63) is 33.6 Å². The van der Waals surface area contributed by atoms with E-state index in [1.807, 2.05) is 6.92 Å². The summed E-state index contributed by atoms with van der Waals surface area (Å²) < 4.78 is 13.6. The molecule has 0 spiro atoms. The maximum Gasteiger partial charge on any atom is 0.142 e. The normalized spacial score (nSPS) is 26.4. The van der Waals surface area contributed by atoms with Gasteiger partial charge in [0, 0.05) is 30.2 Å². The van der Waals surface area contributed by atoms with Gasteiger partial charge in [-0.2, -0.15) is 0 Å². The van der Waals surface area contributed by atoms with Crippen molar-refractivity contribution in [3.8, 4) is 0 Å². The van der Waals surface area contributed by atoms with Crippen LogP contribution in [0.4, 0.5) is 4.39 Å². The van der Waals surface area contributed by atoms with Gasteiger partial charge in [0.05, 0.1) is 5.02 Å². The van der Waals surface area contributed by atoms with Crippen LogP contribution < -0.4 is 5.73 Å². The lowest BCUT2D eigenvalue weighted by Gasteiger charge is -2.39. The van der Waals surface area contributed by atoms with E-state index in [9.17, 15) is 4.39 Å². The lowest BCUT2D eigenvalue weighted by atomic mass is 9.92. The van der Waals surface area contributed by atoms with Crippen LogP contribution in [0.3, 0.4) is 0 Å². The molecule has 0 aliphatic carbocycles. The Kier molecular flexibility index (Phi) is 4.72. The second-order valence-electron chi connectivity index (χ2n) is 5.39. The first-order valence-corrected chi connectivity index (χ1v) is 7.29. The van der Waals surface area contributed by atoms with E-state index in [4.69, 9.17) is 28.9 Å². The molecule has 1 aliphatic heterocycles. The summed E-state index contributed by atoms with van der Waals surface area (Å²) in [5, 5.41) is 0.580. The number of benzene rings is 1. The van der Waals surface area contributed by atoms with Crippen LogP contribution in [0.2, 0.25) is 10.0 Å². The van der Waals surface area contributed by atoms with Crippen molar-refractivity contribution in [1.29, 1.82) is 0 Å². The SMILES string of the molecule is CC1CN(C(C)c2cc(F)c(Cl)cc2Cl)CCC1N. The zero-order valence-electron chi connectivity index (χ0n) is 11.2. The Morgan fingerprint density at radius 2 is 2.05 bits per heavy atom. The van der Waals surface area contributed by atoms with E-state index >= 15 is 0 Å². The van der Waals surface area contributed by atoms with Crippen molar-refractivity contribution >= 4 is 23.2 Å². The molecular weight excluding hydrogens is 286 g/mol. The Labute approximate surface area is 123 Å². The Morgan fingerprint density at radius 1 is 1.37 bits per heavy atom. The molecule has 3 atom stereocenters. The molecule has 1 aliphatic rings. The lowest BCUT2D eigenvalue weighted by Crippen LogP contribution is -2.46. The summed E-state index contributed by atoms with van der Waals surface area (Å²) in [5.74, 6) is 0.0156. The number of piperidine rings is 1. The van der Waals surface area contributed by atoms with E-state index in [0.717, 1.165) is 25.1 Å². The molecule has 19 heavy (non-hydrogen) atoms. The van der Waals surface area contributed by atoms with Crippen LogP contribution in [0.15, 0.2) is 12.1 Å². The quantitative estimate of drug-likeness (QED) is 0.841. The van der Waals surface area contributed by atoms with Crippen molar-refractivity contribution < 1.29 is 4.39 Å². The monoisotopic (exact) mass is 304 g/mol. The number of hydrogen-bond acceptors (Lipinski definition) is 2. The van der Waals surface area contributed by atoms with E-state index in [1.165, 1.54) is 12.1 Å². The van der Waals surface area contributed by atoms with Gasteiger partial charge in [0.2, 0.25) is 0 Å². The highest BCUT2D eigenvalue weighted by Crippen LogP contribution is 2.33. The van der Waals surface area contributed by atoms with Gasteiger partial charge in [0.25, 0.3) is 0 Å². The molecule has 2 N–H and O–H groups in total. The third-order valence-corrected chi connectivity index (χ3v) is 4.66. The van der Waals surface area contributed by atoms with Gasteiger partial charge in [-0.05, 0) is 37.0 Å². The molecule has 1 saturated heterocycles. The van der Waals surface area contributed by atoms with Gasteiger partial charge in [0.1, 0.15) is 5.82 Å². The Hall–Kier alpha value is -0.350. The van der Waals surface area contributed by atoms with E-state index in [0.29, 0.717) is 10.9 Å². The van der Waals surface area contributed by atoms with E-state index in [2.05, 4.69) is 11.8 Å². The third-order valence-electron chi connectivity index (χ3n) is 4.04. The van der Waals surface area contributed by atoms with E-state index < -0.39 is 5.82 Å². The number of nitrogens with two attached hydrogens (primary N) is 1. The van der Waals surface area contributed by atoms with Crippen LogP contribution in [-0.4, -0.2) is 24.0 Å². The molecule has 1 fully saturated rings. The average Bonchev–Trinajstić information content (AvgIpc) is 2.36. The number of nitrogens with zero attached hydrogens (tertiary/aromatic N) is 1. The first kappa shape index (κ1) is 15.0. The Morgan fingerprint density at radius 3 is 2.68 bits per heavy atom. The van der Waals surface area contributed by atoms with Crippen molar-refractivity contribution in [2.24, 2.45) is 11.7 Å². The van der Waals surface area contributed by atoms with Crippen LogP contribution in [0.25, 0.3) is 0 Å². The highest BCUT2D eigenvalue weighted by atomic mass is 35.5. The summed E-state index contributed by atoms with van der Waals surface area (Å²) in [6.45, 7) is 6.00. The maximum absolute atomic E-state index is 13.6. The summed E-state index contributed by atoms with van der Waals surface area (Å²) in [6, 6.07) is 3.23. The zero-order valence-corrected chi connectivity index (χ0v) is 12.7.